The number of carbonyl (C=O) groups excluding carboxylic acids is 2. The van der Waals surface area contributed by atoms with Crippen molar-refractivity contribution in [2.45, 2.75) is 71.2 Å². The maximum atomic E-state index is 12.8. The number of piperidine rings is 1. The predicted molar refractivity (Wildman–Crippen MR) is 106 cm³/mol. The molecule has 1 aromatic rings. The van der Waals surface area contributed by atoms with Crippen LogP contribution in [-0.4, -0.2) is 59.2 Å². The minimum atomic E-state index is -3.23. The molecule has 1 aliphatic carbocycles. The molecule has 0 spiro atoms. The van der Waals surface area contributed by atoms with Gasteiger partial charge in [-0.2, -0.15) is 5.10 Å². The quantitative estimate of drug-likeness (QED) is 0.685. The summed E-state index contributed by atoms with van der Waals surface area (Å²) < 4.78 is 29.0. The van der Waals surface area contributed by atoms with Gasteiger partial charge in [-0.1, -0.05) is 13.3 Å². The summed E-state index contributed by atoms with van der Waals surface area (Å²) in [6, 6.07) is -0.113. The molecule has 1 aliphatic heterocycles. The first kappa shape index (κ1) is 21.0. The highest BCUT2D eigenvalue weighted by atomic mass is 32.2. The lowest BCUT2D eigenvalue weighted by atomic mass is 9.90. The molecule has 2 heterocycles. The van der Waals surface area contributed by atoms with E-state index in [2.05, 4.69) is 9.82 Å². The number of Topliss-reactive ketones (excluding diaryl/α,β-unsaturated/α-hetero) is 1. The van der Waals surface area contributed by atoms with E-state index in [1.807, 2.05) is 6.92 Å². The minimum Gasteiger partial charge on any atom is -0.341 e. The number of rotatable bonds is 7. The number of nitrogens with zero attached hydrogens (tertiary/aromatic N) is 3. The second kappa shape index (κ2) is 7.94. The third kappa shape index (κ3) is 4.30. The Morgan fingerprint density at radius 2 is 1.89 bits per heavy atom. The lowest BCUT2D eigenvalue weighted by molar-refractivity contribution is -0.134. The summed E-state index contributed by atoms with van der Waals surface area (Å²) in [6.07, 6.45) is 2.91. The molecule has 1 N–H and O–H groups in total. The van der Waals surface area contributed by atoms with Crippen LogP contribution in [0.25, 0.3) is 0 Å². The Hall–Kier alpha value is -1.74. The highest BCUT2D eigenvalue weighted by molar-refractivity contribution is 7.90. The van der Waals surface area contributed by atoms with E-state index in [0.29, 0.717) is 36.5 Å². The molecule has 2 atom stereocenters. The standard InChI is InChI=1S/C19H30N4O4S/c1-5-15-10-22(9-8-17(15)21-28(26,27)16-6-7-16)18(25)11-23-13(3)19(14(4)24)12(2)20-23/h15-17,21H,5-11H2,1-4H3/t15-,17+/m1/s1. The van der Waals surface area contributed by atoms with E-state index < -0.39 is 10.0 Å². The van der Waals surface area contributed by atoms with Crippen LogP contribution >= 0.6 is 0 Å². The number of aromatic nitrogens is 2. The van der Waals surface area contributed by atoms with Gasteiger partial charge in [0.05, 0.1) is 16.5 Å². The molecular formula is C19H30N4O4S. The van der Waals surface area contributed by atoms with Gasteiger partial charge < -0.3 is 4.90 Å². The molecule has 2 fully saturated rings. The Balaban J connectivity index is 1.65. The van der Waals surface area contributed by atoms with Gasteiger partial charge in [-0.25, -0.2) is 13.1 Å². The van der Waals surface area contributed by atoms with E-state index in [1.54, 1.807) is 23.4 Å². The summed E-state index contributed by atoms with van der Waals surface area (Å²) in [5.74, 6) is -0.00869. The second-order valence-electron chi connectivity index (χ2n) is 8.03. The molecule has 8 nitrogen and oxygen atoms in total. The number of hydrogen-bond donors (Lipinski definition) is 1. The highest BCUT2D eigenvalue weighted by Gasteiger charge is 2.40. The molecule has 9 heteroatoms. The van der Waals surface area contributed by atoms with Gasteiger partial charge in [-0.3, -0.25) is 14.3 Å². The van der Waals surface area contributed by atoms with Gasteiger partial charge >= 0.3 is 0 Å². The normalized spacial score (nSPS) is 23.1. The average molecular weight is 411 g/mol. The largest absolute Gasteiger partial charge is 0.341 e. The number of carbonyl (C=O) groups is 2. The van der Waals surface area contributed by atoms with Crippen LogP contribution in [0.2, 0.25) is 0 Å². The molecule has 0 radical (unpaired) electrons. The van der Waals surface area contributed by atoms with Gasteiger partial charge in [0.15, 0.2) is 5.78 Å². The zero-order valence-electron chi connectivity index (χ0n) is 17.1. The van der Waals surface area contributed by atoms with Crippen LogP contribution in [0.15, 0.2) is 0 Å². The number of likely N-dealkylation sites (tertiary alicyclic amines) is 1. The first-order valence-electron chi connectivity index (χ1n) is 9.97. The van der Waals surface area contributed by atoms with Crippen LogP contribution < -0.4 is 4.72 Å². The Kier molecular flexibility index (Phi) is 5.95. The van der Waals surface area contributed by atoms with E-state index in [9.17, 15) is 18.0 Å². The summed E-state index contributed by atoms with van der Waals surface area (Å²) in [5.41, 5.74) is 1.92. The van der Waals surface area contributed by atoms with Gasteiger partial charge in [0, 0.05) is 24.8 Å². The molecule has 3 rings (SSSR count). The zero-order chi connectivity index (χ0) is 20.6. The van der Waals surface area contributed by atoms with Crippen LogP contribution in [0.4, 0.5) is 0 Å². The van der Waals surface area contributed by atoms with E-state index in [0.717, 1.165) is 19.3 Å². The predicted octanol–water partition coefficient (Wildman–Crippen LogP) is 1.41. The lowest BCUT2D eigenvalue weighted by Crippen LogP contribution is -2.53. The van der Waals surface area contributed by atoms with Crippen LogP contribution in [0.1, 0.15) is 61.3 Å². The molecule has 0 aromatic carbocycles. The fraction of sp³-hybridized carbons (Fsp3) is 0.737. The van der Waals surface area contributed by atoms with Crippen molar-refractivity contribution >= 4 is 21.7 Å². The number of ketones is 1. The maximum absolute atomic E-state index is 12.8. The highest BCUT2D eigenvalue weighted by Crippen LogP contribution is 2.30. The topological polar surface area (TPSA) is 101 Å². The number of sulfonamides is 1. The third-order valence-electron chi connectivity index (χ3n) is 5.91. The number of hydrogen-bond acceptors (Lipinski definition) is 5. The Bertz CT molecular complexity index is 873. The van der Waals surface area contributed by atoms with Gasteiger partial charge in [0.25, 0.3) is 0 Å². The summed E-state index contributed by atoms with van der Waals surface area (Å²) in [7, 11) is -3.23. The smallest absolute Gasteiger partial charge is 0.244 e. The van der Waals surface area contributed by atoms with Gasteiger partial charge in [0.2, 0.25) is 15.9 Å². The molecule has 0 bridgehead atoms. The molecular weight excluding hydrogens is 380 g/mol. The fourth-order valence-corrected chi connectivity index (χ4v) is 5.78. The van der Waals surface area contributed by atoms with E-state index >= 15 is 0 Å². The van der Waals surface area contributed by atoms with Gasteiger partial charge in [-0.15, -0.1) is 0 Å². The molecule has 1 aromatic heterocycles. The van der Waals surface area contributed by atoms with Gasteiger partial charge in [-0.05, 0) is 46.0 Å². The third-order valence-corrected chi connectivity index (χ3v) is 7.89. The molecule has 0 unspecified atom stereocenters. The van der Waals surface area contributed by atoms with Crippen LogP contribution in [0.3, 0.4) is 0 Å². The number of nitrogens with one attached hydrogen (secondary N) is 1. The molecule has 28 heavy (non-hydrogen) atoms. The first-order valence-corrected chi connectivity index (χ1v) is 11.5. The molecule has 2 aliphatic rings. The summed E-state index contributed by atoms with van der Waals surface area (Å²) in [5, 5.41) is 4.12. The van der Waals surface area contributed by atoms with Gasteiger partial charge in [0.1, 0.15) is 6.54 Å². The second-order valence-corrected chi connectivity index (χ2v) is 10.0. The Labute approximate surface area is 166 Å². The Morgan fingerprint density at radius 3 is 2.43 bits per heavy atom. The van der Waals surface area contributed by atoms with Crippen molar-refractivity contribution in [1.29, 1.82) is 0 Å². The van der Waals surface area contributed by atoms with Crippen molar-refractivity contribution in [2.24, 2.45) is 5.92 Å². The number of amides is 1. The van der Waals surface area contributed by atoms with Crippen molar-refractivity contribution in [1.82, 2.24) is 19.4 Å². The maximum Gasteiger partial charge on any atom is 0.244 e. The monoisotopic (exact) mass is 410 g/mol. The molecule has 1 amide bonds. The van der Waals surface area contributed by atoms with Crippen molar-refractivity contribution in [3.05, 3.63) is 17.0 Å². The van der Waals surface area contributed by atoms with Crippen LogP contribution in [0, 0.1) is 19.8 Å². The average Bonchev–Trinajstić information content (AvgIpc) is 3.42. The van der Waals surface area contributed by atoms with E-state index in [-0.39, 0.29) is 35.4 Å². The van der Waals surface area contributed by atoms with E-state index in [4.69, 9.17) is 0 Å². The van der Waals surface area contributed by atoms with Crippen LogP contribution in [0.5, 0.6) is 0 Å². The van der Waals surface area contributed by atoms with Crippen molar-refractivity contribution < 1.29 is 18.0 Å². The first-order chi connectivity index (χ1) is 13.1. The molecule has 1 saturated heterocycles. The number of aryl methyl sites for hydroxylation is 1. The van der Waals surface area contributed by atoms with Crippen molar-refractivity contribution in [3.8, 4) is 0 Å². The molecule has 156 valence electrons. The van der Waals surface area contributed by atoms with E-state index in [1.165, 1.54) is 6.92 Å². The molecule has 1 saturated carbocycles. The lowest BCUT2D eigenvalue weighted by Gasteiger charge is -2.38. The zero-order valence-corrected chi connectivity index (χ0v) is 17.9. The van der Waals surface area contributed by atoms with Crippen molar-refractivity contribution in [3.63, 3.8) is 0 Å². The summed E-state index contributed by atoms with van der Waals surface area (Å²) in [6.45, 7) is 8.25. The fourth-order valence-electron chi connectivity index (χ4n) is 4.10. The Morgan fingerprint density at radius 1 is 1.21 bits per heavy atom. The van der Waals surface area contributed by atoms with Crippen LogP contribution in [-0.2, 0) is 21.4 Å². The SMILES string of the molecule is CC[C@@H]1CN(C(=O)Cn2nc(C)c(C(C)=O)c2C)CC[C@@H]1NS(=O)(=O)C1CC1. The van der Waals surface area contributed by atoms with Crippen molar-refractivity contribution in [2.75, 3.05) is 13.1 Å². The summed E-state index contributed by atoms with van der Waals surface area (Å²) in [4.78, 5) is 26.4. The summed E-state index contributed by atoms with van der Waals surface area (Å²) >= 11 is 0. The minimum absolute atomic E-state index is 0.0523.